The van der Waals surface area contributed by atoms with E-state index >= 15 is 0 Å². The SMILES string of the molecule is CCN(C1=C(c2ccc(OC(C)C)cc2)C(=O)N(c2ccc(F)cc2)C1=O)c1ccccc1. The standard InChI is InChI=1S/C27H25FN2O3/c1-4-29(21-8-6-5-7-9-21)25-24(19-10-16-23(17-11-19)33-18(2)3)26(31)30(27(25)32)22-14-12-20(28)13-15-22/h5-18H,4H2,1-3H3. The van der Waals surface area contributed by atoms with Crippen molar-refractivity contribution >= 4 is 28.8 Å². The summed E-state index contributed by atoms with van der Waals surface area (Å²) in [6.45, 7) is 6.28. The molecule has 33 heavy (non-hydrogen) atoms. The van der Waals surface area contributed by atoms with Crippen LogP contribution in [0.15, 0.2) is 84.6 Å². The summed E-state index contributed by atoms with van der Waals surface area (Å²) < 4.78 is 19.2. The van der Waals surface area contributed by atoms with Crippen LogP contribution in [0.2, 0.25) is 0 Å². The molecule has 0 N–H and O–H groups in total. The lowest BCUT2D eigenvalue weighted by Crippen LogP contribution is -2.35. The van der Waals surface area contributed by atoms with E-state index < -0.39 is 17.6 Å². The molecule has 0 fully saturated rings. The lowest BCUT2D eigenvalue weighted by molar-refractivity contribution is -0.120. The van der Waals surface area contributed by atoms with Crippen LogP contribution in [-0.2, 0) is 9.59 Å². The number of hydrogen-bond donors (Lipinski definition) is 0. The number of para-hydroxylation sites is 1. The van der Waals surface area contributed by atoms with E-state index in [2.05, 4.69) is 0 Å². The highest BCUT2D eigenvalue weighted by atomic mass is 19.1. The summed E-state index contributed by atoms with van der Waals surface area (Å²) in [7, 11) is 0. The topological polar surface area (TPSA) is 49.9 Å². The first-order chi connectivity index (χ1) is 15.9. The molecule has 0 aliphatic carbocycles. The van der Waals surface area contributed by atoms with Gasteiger partial charge in [0.15, 0.2) is 0 Å². The first-order valence-corrected chi connectivity index (χ1v) is 10.9. The number of rotatable bonds is 7. The Bertz CT molecular complexity index is 1190. The van der Waals surface area contributed by atoms with Gasteiger partial charge in [-0.2, -0.15) is 0 Å². The fourth-order valence-corrected chi connectivity index (χ4v) is 3.90. The van der Waals surface area contributed by atoms with Crippen LogP contribution in [0.5, 0.6) is 5.75 Å². The van der Waals surface area contributed by atoms with Gasteiger partial charge in [0.25, 0.3) is 11.8 Å². The van der Waals surface area contributed by atoms with Crippen molar-refractivity contribution in [3.8, 4) is 5.75 Å². The Morgan fingerprint density at radius 3 is 2.09 bits per heavy atom. The van der Waals surface area contributed by atoms with Crippen LogP contribution < -0.4 is 14.5 Å². The normalized spacial score (nSPS) is 13.8. The summed E-state index contributed by atoms with van der Waals surface area (Å²) >= 11 is 0. The summed E-state index contributed by atoms with van der Waals surface area (Å²) in [5.74, 6) is -0.659. The molecule has 0 spiro atoms. The molecule has 4 rings (SSSR count). The molecule has 0 bridgehead atoms. The number of amides is 2. The van der Waals surface area contributed by atoms with Crippen molar-refractivity contribution in [2.45, 2.75) is 26.9 Å². The zero-order valence-electron chi connectivity index (χ0n) is 18.8. The summed E-state index contributed by atoms with van der Waals surface area (Å²) in [5.41, 5.74) is 2.32. The minimum atomic E-state index is -0.450. The average molecular weight is 445 g/mol. The molecule has 3 aromatic rings. The first kappa shape index (κ1) is 22.3. The van der Waals surface area contributed by atoms with Crippen molar-refractivity contribution < 1.29 is 18.7 Å². The van der Waals surface area contributed by atoms with Gasteiger partial charge in [0, 0.05) is 12.2 Å². The number of nitrogens with zero attached hydrogens (tertiary/aromatic N) is 2. The zero-order chi connectivity index (χ0) is 23.5. The molecule has 3 aromatic carbocycles. The highest BCUT2D eigenvalue weighted by molar-refractivity contribution is 6.46. The van der Waals surface area contributed by atoms with Gasteiger partial charge in [-0.25, -0.2) is 9.29 Å². The summed E-state index contributed by atoms with van der Waals surface area (Å²) in [6, 6.07) is 21.9. The number of carbonyl (C=O) groups is 2. The number of halogens is 1. The van der Waals surface area contributed by atoms with Gasteiger partial charge in [0.2, 0.25) is 0 Å². The Morgan fingerprint density at radius 1 is 0.879 bits per heavy atom. The molecule has 5 nitrogen and oxygen atoms in total. The lowest BCUT2D eigenvalue weighted by Gasteiger charge is -2.25. The molecule has 1 aliphatic heterocycles. The molecule has 1 aliphatic rings. The largest absolute Gasteiger partial charge is 0.491 e. The lowest BCUT2D eigenvalue weighted by atomic mass is 10.0. The molecule has 168 valence electrons. The van der Waals surface area contributed by atoms with Gasteiger partial charge < -0.3 is 9.64 Å². The minimum Gasteiger partial charge on any atom is -0.491 e. The molecule has 0 saturated carbocycles. The third-order valence-electron chi connectivity index (χ3n) is 5.31. The molecular formula is C27H25FN2O3. The van der Waals surface area contributed by atoms with E-state index in [-0.39, 0.29) is 11.8 Å². The van der Waals surface area contributed by atoms with Gasteiger partial charge in [0.1, 0.15) is 17.3 Å². The van der Waals surface area contributed by atoms with Crippen LogP contribution in [0, 0.1) is 5.82 Å². The fourth-order valence-electron chi connectivity index (χ4n) is 3.90. The van der Waals surface area contributed by atoms with E-state index in [1.165, 1.54) is 24.3 Å². The number of carbonyl (C=O) groups excluding carboxylic acids is 2. The molecule has 6 heteroatoms. The highest BCUT2D eigenvalue weighted by Crippen LogP contribution is 2.37. The van der Waals surface area contributed by atoms with Crippen LogP contribution in [0.3, 0.4) is 0 Å². The Morgan fingerprint density at radius 2 is 1.52 bits per heavy atom. The average Bonchev–Trinajstić information content (AvgIpc) is 3.06. The van der Waals surface area contributed by atoms with Gasteiger partial charge in [0.05, 0.1) is 17.4 Å². The maximum atomic E-state index is 13.7. The third-order valence-corrected chi connectivity index (χ3v) is 5.31. The maximum Gasteiger partial charge on any atom is 0.282 e. The highest BCUT2D eigenvalue weighted by Gasteiger charge is 2.42. The molecule has 0 aromatic heterocycles. The third kappa shape index (κ3) is 4.37. The van der Waals surface area contributed by atoms with Crippen molar-refractivity contribution in [1.82, 2.24) is 0 Å². The van der Waals surface area contributed by atoms with Gasteiger partial charge in [-0.3, -0.25) is 9.59 Å². The second-order valence-corrected chi connectivity index (χ2v) is 7.92. The number of likely N-dealkylation sites (N-methyl/N-ethyl adjacent to an activating group) is 1. The number of benzene rings is 3. The molecule has 2 amide bonds. The second-order valence-electron chi connectivity index (χ2n) is 7.92. The van der Waals surface area contributed by atoms with E-state index in [0.717, 1.165) is 10.6 Å². The number of hydrogen-bond acceptors (Lipinski definition) is 4. The van der Waals surface area contributed by atoms with E-state index in [9.17, 15) is 14.0 Å². The predicted octanol–water partition coefficient (Wildman–Crippen LogP) is 5.42. The Kier molecular flexibility index (Phi) is 6.27. The summed E-state index contributed by atoms with van der Waals surface area (Å²) in [5, 5.41) is 0. The Labute approximate surface area is 192 Å². The van der Waals surface area contributed by atoms with Crippen molar-refractivity contribution in [3.05, 3.63) is 95.9 Å². The molecule has 0 unspecified atom stereocenters. The van der Waals surface area contributed by atoms with Crippen LogP contribution in [0.1, 0.15) is 26.3 Å². The molecular weight excluding hydrogens is 419 g/mol. The second kappa shape index (κ2) is 9.28. The van der Waals surface area contributed by atoms with Crippen molar-refractivity contribution in [2.24, 2.45) is 0 Å². The number of ether oxygens (including phenoxy) is 1. The van der Waals surface area contributed by atoms with Crippen molar-refractivity contribution in [1.29, 1.82) is 0 Å². The van der Waals surface area contributed by atoms with Crippen molar-refractivity contribution in [3.63, 3.8) is 0 Å². The van der Waals surface area contributed by atoms with Gasteiger partial charge in [-0.05, 0) is 74.9 Å². The van der Waals surface area contributed by atoms with E-state index in [0.29, 0.717) is 29.1 Å². The maximum absolute atomic E-state index is 13.7. The number of imide groups is 1. The monoisotopic (exact) mass is 444 g/mol. The smallest absolute Gasteiger partial charge is 0.282 e. The van der Waals surface area contributed by atoms with E-state index in [1.54, 1.807) is 24.3 Å². The van der Waals surface area contributed by atoms with Crippen LogP contribution >= 0.6 is 0 Å². The van der Waals surface area contributed by atoms with Crippen molar-refractivity contribution in [2.75, 3.05) is 16.3 Å². The van der Waals surface area contributed by atoms with Crippen LogP contribution in [0.25, 0.3) is 5.57 Å². The molecule has 1 heterocycles. The van der Waals surface area contributed by atoms with Crippen LogP contribution in [0.4, 0.5) is 15.8 Å². The number of anilines is 2. The summed E-state index contributed by atoms with van der Waals surface area (Å²) in [4.78, 5) is 30.2. The van der Waals surface area contributed by atoms with Gasteiger partial charge >= 0.3 is 0 Å². The molecule has 0 saturated heterocycles. The predicted molar refractivity (Wildman–Crippen MR) is 127 cm³/mol. The van der Waals surface area contributed by atoms with Gasteiger partial charge in [-0.15, -0.1) is 0 Å². The quantitative estimate of drug-likeness (QED) is 0.457. The van der Waals surface area contributed by atoms with E-state index in [4.69, 9.17) is 4.74 Å². The first-order valence-electron chi connectivity index (χ1n) is 10.9. The summed E-state index contributed by atoms with van der Waals surface area (Å²) in [6.07, 6.45) is 0.0166. The Balaban J connectivity index is 1.85. The van der Waals surface area contributed by atoms with Crippen LogP contribution in [-0.4, -0.2) is 24.5 Å². The fraction of sp³-hybridized carbons (Fsp3) is 0.185. The molecule has 0 atom stereocenters. The Hall–Kier alpha value is -3.93. The van der Waals surface area contributed by atoms with E-state index in [1.807, 2.05) is 56.0 Å². The van der Waals surface area contributed by atoms with Gasteiger partial charge in [-0.1, -0.05) is 30.3 Å². The zero-order valence-corrected chi connectivity index (χ0v) is 18.8. The minimum absolute atomic E-state index is 0.0166. The molecule has 0 radical (unpaired) electrons.